The van der Waals surface area contributed by atoms with E-state index in [1.165, 1.54) is 25.0 Å². The van der Waals surface area contributed by atoms with E-state index >= 15 is 0 Å². The van der Waals surface area contributed by atoms with E-state index in [-0.39, 0.29) is 11.3 Å². The molecule has 1 saturated carbocycles. The maximum Gasteiger partial charge on any atom is 0.251 e. The average Bonchev–Trinajstić information content (AvgIpc) is 2.84. The van der Waals surface area contributed by atoms with Crippen LogP contribution in [0.15, 0.2) is 22.7 Å². The summed E-state index contributed by atoms with van der Waals surface area (Å²) >= 11 is 6.74. The fraction of sp³-hybridized carbons (Fsp3) is 0.500. The van der Waals surface area contributed by atoms with Gasteiger partial charge in [0.05, 0.1) is 0 Å². The van der Waals surface area contributed by atoms with Crippen LogP contribution in [0.1, 0.15) is 36.0 Å². The first-order chi connectivity index (χ1) is 9.04. The Hall–Kier alpha value is -0.420. The number of carbonyl (C=O) groups is 1. The highest BCUT2D eigenvalue weighted by Crippen LogP contribution is 2.39. The maximum atomic E-state index is 13.3. The summed E-state index contributed by atoms with van der Waals surface area (Å²) in [5.41, 5.74) is 0.523. The summed E-state index contributed by atoms with van der Waals surface area (Å²) in [4.78, 5) is 12.1. The predicted molar refractivity (Wildman–Crippen MR) is 81.1 cm³/mol. The van der Waals surface area contributed by atoms with Crippen LogP contribution < -0.4 is 5.32 Å². The molecular weight excluding hydrogens is 377 g/mol. The van der Waals surface area contributed by atoms with Gasteiger partial charge in [0.1, 0.15) is 5.82 Å². The number of nitrogens with one attached hydrogen (secondary N) is 1. The molecule has 1 N–H and O–H groups in total. The minimum atomic E-state index is -0.407. The third-order valence-corrected chi connectivity index (χ3v) is 5.34. The zero-order valence-corrected chi connectivity index (χ0v) is 13.7. The lowest BCUT2D eigenvalue weighted by molar-refractivity contribution is 0.0935. The van der Waals surface area contributed by atoms with Crippen LogP contribution >= 0.6 is 31.9 Å². The molecule has 0 spiro atoms. The van der Waals surface area contributed by atoms with Crippen molar-refractivity contribution in [1.82, 2.24) is 5.32 Å². The van der Waals surface area contributed by atoms with Crippen molar-refractivity contribution >= 4 is 37.8 Å². The molecule has 1 aromatic rings. The quantitative estimate of drug-likeness (QED) is 0.761. The largest absolute Gasteiger partial charge is 0.351 e. The van der Waals surface area contributed by atoms with Crippen LogP contribution in [-0.4, -0.2) is 17.8 Å². The minimum Gasteiger partial charge on any atom is -0.351 e. The van der Waals surface area contributed by atoms with Crippen molar-refractivity contribution in [2.75, 3.05) is 11.9 Å². The molecule has 0 bridgehead atoms. The molecule has 1 fully saturated rings. The van der Waals surface area contributed by atoms with Crippen molar-refractivity contribution in [2.45, 2.75) is 25.7 Å². The van der Waals surface area contributed by atoms with Gasteiger partial charge in [-0.15, -0.1) is 0 Å². The lowest BCUT2D eigenvalue weighted by Crippen LogP contribution is -2.37. The Labute approximate surface area is 129 Å². The lowest BCUT2D eigenvalue weighted by Gasteiger charge is -2.26. The van der Waals surface area contributed by atoms with Gasteiger partial charge in [0.2, 0.25) is 0 Å². The number of carbonyl (C=O) groups excluding carboxylic acids is 1. The number of benzene rings is 1. The van der Waals surface area contributed by atoms with Gasteiger partial charge in [-0.2, -0.15) is 0 Å². The van der Waals surface area contributed by atoms with Gasteiger partial charge < -0.3 is 5.32 Å². The number of hydrogen-bond donors (Lipinski definition) is 1. The number of amides is 1. The molecule has 0 unspecified atom stereocenters. The van der Waals surface area contributed by atoms with Crippen molar-refractivity contribution in [3.63, 3.8) is 0 Å². The third-order valence-electron chi connectivity index (χ3n) is 3.70. The Morgan fingerprint density at radius 2 is 2.00 bits per heavy atom. The zero-order valence-electron chi connectivity index (χ0n) is 10.5. The zero-order chi connectivity index (χ0) is 13.9. The molecule has 19 heavy (non-hydrogen) atoms. The predicted octanol–water partition coefficient (Wildman–Crippen LogP) is 4.27. The Kier molecular flexibility index (Phi) is 5.01. The van der Waals surface area contributed by atoms with Crippen LogP contribution in [0.25, 0.3) is 0 Å². The average molecular weight is 393 g/mol. The highest BCUT2D eigenvalue weighted by atomic mass is 79.9. The molecule has 1 aromatic carbocycles. The summed E-state index contributed by atoms with van der Waals surface area (Å²) in [6, 6.07) is 4.23. The van der Waals surface area contributed by atoms with Crippen molar-refractivity contribution < 1.29 is 9.18 Å². The normalized spacial score (nSPS) is 17.4. The molecule has 2 rings (SSSR count). The SMILES string of the molecule is O=C(NCC1(CBr)CCCC1)c1cc(F)cc(Br)c1. The number of hydrogen-bond acceptors (Lipinski definition) is 1. The molecule has 5 heteroatoms. The molecule has 0 aromatic heterocycles. The molecule has 1 aliphatic rings. The van der Waals surface area contributed by atoms with Crippen LogP contribution in [-0.2, 0) is 0 Å². The fourth-order valence-corrected chi connectivity index (χ4v) is 3.76. The van der Waals surface area contributed by atoms with Gasteiger partial charge in [0.25, 0.3) is 5.91 Å². The highest BCUT2D eigenvalue weighted by molar-refractivity contribution is 9.10. The first-order valence-corrected chi connectivity index (χ1v) is 8.26. The molecule has 0 atom stereocenters. The van der Waals surface area contributed by atoms with Gasteiger partial charge in [-0.3, -0.25) is 4.79 Å². The number of halogens is 3. The molecule has 0 saturated heterocycles. The molecule has 104 valence electrons. The number of alkyl halides is 1. The lowest BCUT2D eigenvalue weighted by atomic mass is 9.89. The first-order valence-electron chi connectivity index (χ1n) is 6.35. The summed E-state index contributed by atoms with van der Waals surface area (Å²) < 4.78 is 13.8. The van der Waals surface area contributed by atoms with Crippen LogP contribution in [0, 0.1) is 11.2 Å². The monoisotopic (exact) mass is 391 g/mol. The van der Waals surface area contributed by atoms with Crippen LogP contribution in [0.3, 0.4) is 0 Å². The van der Waals surface area contributed by atoms with Crippen LogP contribution in [0.5, 0.6) is 0 Å². The molecule has 1 aliphatic carbocycles. The van der Waals surface area contributed by atoms with E-state index in [0.717, 1.165) is 18.2 Å². The van der Waals surface area contributed by atoms with Gasteiger partial charge in [0.15, 0.2) is 0 Å². The van der Waals surface area contributed by atoms with Gasteiger partial charge in [0, 0.05) is 21.9 Å². The summed E-state index contributed by atoms with van der Waals surface area (Å²) in [5.74, 6) is -0.622. The number of rotatable bonds is 4. The van der Waals surface area contributed by atoms with E-state index in [0.29, 0.717) is 16.6 Å². The van der Waals surface area contributed by atoms with Crippen molar-refractivity contribution in [1.29, 1.82) is 0 Å². The Morgan fingerprint density at radius 1 is 1.32 bits per heavy atom. The van der Waals surface area contributed by atoms with Crippen molar-refractivity contribution in [2.24, 2.45) is 5.41 Å². The van der Waals surface area contributed by atoms with Crippen LogP contribution in [0.4, 0.5) is 4.39 Å². The van der Waals surface area contributed by atoms with E-state index < -0.39 is 5.82 Å². The molecule has 1 amide bonds. The fourth-order valence-electron chi connectivity index (χ4n) is 2.54. The second-order valence-corrected chi connectivity index (χ2v) is 6.66. The van der Waals surface area contributed by atoms with Crippen molar-refractivity contribution in [3.05, 3.63) is 34.1 Å². The second-order valence-electron chi connectivity index (χ2n) is 5.18. The summed E-state index contributed by atoms with van der Waals surface area (Å²) in [7, 11) is 0. The standard InChI is InChI=1S/C14H16Br2FNO/c15-8-14(3-1-2-4-14)9-18-13(19)10-5-11(16)7-12(17)6-10/h5-7H,1-4,8-9H2,(H,18,19). The third kappa shape index (κ3) is 3.78. The van der Waals surface area contributed by atoms with Gasteiger partial charge in [-0.1, -0.05) is 44.7 Å². The second kappa shape index (κ2) is 6.35. The minimum absolute atomic E-state index is 0.167. The van der Waals surface area contributed by atoms with Crippen LogP contribution in [0.2, 0.25) is 0 Å². The van der Waals surface area contributed by atoms with E-state index in [2.05, 4.69) is 37.2 Å². The van der Waals surface area contributed by atoms with Gasteiger partial charge in [-0.05, 0) is 36.5 Å². The van der Waals surface area contributed by atoms with E-state index in [1.807, 2.05) is 0 Å². The Balaban J connectivity index is 2.01. The summed E-state index contributed by atoms with van der Waals surface area (Å²) in [6.45, 7) is 0.644. The summed E-state index contributed by atoms with van der Waals surface area (Å²) in [6.07, 6.45) is 4.69. The van der Waals surface area contributed by atoms with Gasteiger partial charge in [-0.25, -0.2) is 4.39 Å². The molecule has 0 heterocycles. The maximum absolute atomic E-state index is 13.3. The molecule has 0 aliphatic heterocycles. The smallest absolute Gasteiger partial charge is 0.251 e. The van der Waals surface area contributed by atoms with E-state index in [1.54, 1.807) is 6.07 Å². The molecular formula is C14H16Br2FNO. The summed E-state index contributed by atoms with van der Waals surface area (Å²) in [5, 5.41) is 3.83. The van der Waals surface area contributed by atoms with Gasteiger partial charge >= 0.3 is 0 Å². The Bertz CT molecular complexity index is 452. The molecule has 2 nitrogen and oxygen atoms in total. The highest BCUT2D eigenvalue weighted by Gasteiger charge is 2.33. The van der Waals surface area contributed by atoms with Crippen molar-refractivity contribution in [3.8, 4) is 0 Å². The first kappa shape index (κ1) is 15.0. The van der Waals surface area contributed by atoms with E-state index in [4.69, 9.17) is 0 Å². The topological polar surface area (TPSA) is 29.1 Å². The van der Waals surface area contributed by atoms with E-state index in [9.17, 15) is 9.18 Å². The molecule has 0 radical (unpaired) electrons. The Morgan fingerprint density at radius 3 is 2.58 bits per heavy atom.